The third kappa shape index (κ3) is 4.97. The molecular formula is C18H21ClN2O4S. The quantitative estimate of drug-likeness (QED) is 0.753. The van der Waals surface area contributed by atoms with Gasteiger partial charge in [0.25, 0.3) is 0 Å². The van der Waals surface area contributed by atoms with Crippen LogP contribution in [0.2, 0.25) is 5.02 Å². The monoisotopic (exact) mass is 396 g/mol. The molecule has 0 heterocycles. The Labute approximate surface area is 158 Å². The molecule has 0 aliphatic carbocycles. The van der Waals surface area contributed by atoms with Gasteiger partial charge in [-0.3, -0.25) is 4.79 Å². The van der Waals surface area contributed by atoms with E-state index in [1.807, 2.05) is 0 Å². The number of amides is 1. The summed E-state index contributed by atoms with van der Waals surface area (Å²) in [7, 11) is -2.55. The molecule has 0 saturated heterocycles. The van der Waals surface area contributed by atoms with E-state index in [4.69, 9.17) is 16.3 Å². The average molecular weight is 397 g/mol. The number of nitrogens with one attached hydrogen (secondary N) is 2. The molecule has 0 spiro atoms. The molecule has 8 heteroatoms. The lowest BCUT2D eigenvalue weighted by molar-refractivity contribution is -0.123. The van der Waals surface area contributed by atoms with E-state index in [1.54, 1.807) is 44.2 Å². The highest BCUT2D eigenvalue weighted by atomic mass is 35.5. The van der Waals surface area contributed by atoms with Crippen LogP contribution >= 0.6 is 11.6 Å². The van der Waals surface area contributed by atoms with Crippen LogP contribution in [-0.2, 0) is 14.8 Å². The van der Waals surface area contributed by atoms with Gasteiger partial charge in [0.15, 0.2) is 0 Å². The van der Waals surface area contributed by atoms with Gasteiger partial charge in [0.2, 0.25) is 15.9 Å². The number of halogens is 1. The third-order valence-electron chi connectivity index (χ3n) is 3.53. The van der Waals surface area contributed by atoms with Crippen molar-refractivity contribution in [3.63, 3.8) is 0 Å². The highest BCUT2D eigenvalue weighted by Crippen LogP contribution is 2.27. The molecule has 0 unspecified atom stereocenters. The first kappa shape index (κ1) is 20.2. The zero-order chi connectivity index (χ0) is 19.3. The SMILES string of the molecule is COc1ccc(S(=O)(=O)N[C@H](C(=O)NC(C)C)c2ccccc2)cc1Cl. The minimum atomic E-state index is -3.99. The average Bonchev–Trinajstić information content (AvgIpc) is 2.59. The van der Waals surface area contributed by atoms with Gasteiger partial charge in [-0.1, -0.05) is 41.9 Å². The van der Waals surface area contributed by atoms with Gasteiger partial charge < -0.3 is 10.1 Å². The number of rotatable bonds is 7. The van der Waals surface area contributed by atoms with Crippen molar-refractivity contribution in [3.05, 3.63) is 59.1 Å². The van der Waals surface area contributed by atoms with Crippen molar-refractivity contribution in [2.24, 2.45) is 0 Å². The van der Waals surface area contributed by atoms with Crippen LogP contribution in [0.1, 0.15) is 25.5 Å². The lowest BCUT2D eigenvalue weighted by Gasteiger charge is -2.20. The molecule has 2 aromatic carbocycles. The molecule has 0 saturated carbocycles. The van der Waals surface area contributed by atoms with Crippen LogP contribution in [0, 0.1) is 0 Å². The number of ether oxygens (including phenoxy) is 1. The molecular weight excluding hydrogens is 376 g/mol. The van der Waals surface area contributed by atoms with E-state index in [2.05, 4.69) is 10.0 Å². The summed E-state index contributed by atoms with van der Waals surface area (Å²) in [6.45, 7) is 3.61. The van der Waals surface area contributed by atoms with Crippen molar-refractivity contribution in [2.45, 2.75) is 30.8 Å². The Morgan fingerprint density at radius 2 is 1.77 bits per heavy atom. The Kier molecular flexibility index (Phi) is 6.63. The van der Waals surface area contributed by atoms with Gasteiger partial charge in [0, 0.05) is 6.04 Å². The van der Waals surface area contributed by atoms with Crippen LogP contribution in [0.25, 0.3) is 0 Å². The molecule has 0 aromatic heterocycles. The van der Waals surface area contributed by atoms with Gasteiger partial charge in [-0.25, -0.2) is 8.42 Å². The molecule has 0 bridgehead atoms. The van der Waals surface area contributed by atoms with Crippen LogP contribution in [-0.4, -0.2) is 27.5 Å². The van der Waals surface area contributed by atoms with E-state index in [-0.39, 0.29) is 16.0 Å². The van der Waals surface area contributed by atoms with Gasteiger partial charge in [-0.2, -0.15) is 4.72 Å². The molecule has 1 amide bonds. The fourth-order valence-electron chi connectivity index (χ4n) is 2.32. The van der Waals surface area contributed by atoms with Gasteiger partial charge in [-0.05, 0) is 37.6 Å². The van der Waals surface area contributed by atoms with Crippen LogP contribution in [0.4, 0.5) is 0 Å². The molecule has 0 radical (unpaired) electrons. The lowest BCUT2D eigenvalue weighted by Crippen LogP contribution is -2.42. The highest BCUT2D eigenvalue weighted by molar-refractivity contribution is 7.89. The summed E-state index contributed by atoms with van der Waals surface area (Å²) in [5.41, 5.74) is 0.536. The fourth-order valence-corrected chi connectivity index (χ4v) is 3.86. The maximum absolute atomic E-state index is 12.8. The number of carbonyl (C=O) groups is 1. The summed E-state index contributed by atoms with van der Waals surface area (Å²) >= 11 is 6.02. The van der Waals surface area contributed by atoms with Gasteiger partial charge in [0.05, 0.1) is 17.0 Å². The maximum Gasteiger partial charge on any atom is 0.242 e. The Morgan fingerprint density at radius 3 is 2.31 bits per heavy atom. The predicted molar refractivity (Wildman–Crippen MR) is 101 cm³/mol. The second-order valence-electron chi connectivity index (χ2n) is 5.92. The Morgan fingerprint density at radius 1 is 1.12 bits per heavy atom. The minimum absolute atomic E-state index is 0.0541. The molecule has 2 N–H and O–H groups in total. The molecule has 1 atom stereocenters. The Bertz CT molecular complexity index is 870. The molecule has 26 heavy (non-hydrogen) atoms. The van der Waals surface area contributed by atoms with Crippen LogP contribution in [0.3, 0.4) is 0 Å². The standard InChI is InChI=1S/C18H21ClN2O4S/c1-12(2)20-18(22)17(13-7-5-4-6-8-13)21-26(23,24)14-9-10-16(25-3)15(19)11-14/h4-12,17,21H,1-3H3,(H,20,22)/t17-/m0/s1. The first-order valence-corrected chi connectivity index (χ1v) is 9.82. The summed E-state index contributed by atoms with van der Waals surface area (Å²) in [5.74, 6) is -0.0721. The van der Waals surface area contributed by atoms with E-state index < -0.39 is 22.0 Å². The molecule has 6 nitrogen and oxygen atoms in total. The molecule has 140 valence electrons. The molecule has 0 fully saturated rings. The zero-order valence-corrected chi connectivity index (χ0v) is 16.3. The van der Waals surface area contributed by atoms with E-state index >= 15 is 0 Å². The van der Waals surface area contributed by atoms with Crippen molar-refractivity contribution in [2.75, 3.05) is 7.11 Å². The largest absolute Gasteiger partial charge is 0.495 e. The van der Waals surface area contributed by atoms with Crippen LogP contribution < -0.4 is 14.8 Å². The van der Waals surface area contributed by atoms with Crippen molar-refractivity contribution in [3.8, 4) is 5.75 Å². The van der Waals surface area contributed by atoms with E-state index in [0.29, 0.717) is 11.3 Å². The smallest absolute Gasteiger partial charge is 0.242 e. The topological polar surface area (TPSA) is 84.5 Å². The number of hydrogen-bond donors (Lipinski definition) is 2. The molecule has 2 rings (SSSR count). The van der Waals surface area contributed by atoms with Crippen molar-refractivity contribution < 1.29 is 17.9 Å². The fraction of sp³-hybridized carbons (Fsp3) is 0.278. The van der Waals surface area contributed by atoms with E-state index in [1.165, 1.54) is 25.3 Å². The van der Waals surface area contributed by atoms with E-state index in [9.17, 15) is 13.2 Å². The third-order valence-corrected chi connectivity index (χ3v) is 5.25. The summed E-state index contributed by atoms with van der Waals surface area (Å²) in [6.07, 6.45) is 0. The molecule has 2 aromatic rings. The van der Waals surface area contributed by atoms with Crippen molar-refractivity contribution >= 4 is 27.5 Å². The van der Waals surface area contributed by atoms with Crippen LogP contribution in [0.15, 0.2) is 53.4 Å². The Balaban J connectivity index is 2.37. The number of benzene rings is 2. The first-order valence-electron chi connectivity index (χ1n) is 7.96. The number of hydrogen-bond acceptors (Lipinski definition) is 4. The molecule has 0 aliphatic rings. The van der Waals surface area contributed by atoms with Gasteiger partial charge in [0.1, 0.15) is 11.8 Å². The van der Waals surface area contributed by atoms with Gasteiger partial charge >= 0.3 is 0 Å². The van der Waals surface area contributed by atoms with E-state index in [0.717, 1.165) is 0 Å². The minimum Gasteiger partial charge on any atom is -0.495 e. The van der Waals surface area contributed by atoms with Gasteiger partial charge in [-0.15, -0.1) is 0 Å². The number of methoxy groups -OCH3 is 1. The first-order chi connectivity index (χ1) is 12.2. The summed E-state index contributed by atoms with van der Waals surface area (Å²) in [5, 5.41) is 2.90. The van der Waals surface area contributed by atoms with Crippen molar-refractivity contribution in [1.82, 2.24) is 10.0 Å². The second kappa shape index (κ2) is 8.53. The summed E-state index contributed by atoms with van der Waals surface area (Å²) < 4.78 is 33.0. The van der Waals surface area contributed by atoms with Crippen molar-refractivity contribution in [1.29, 1.82) is 0 Å². The Hall–Kier alpha value is -2.09. The summed E-state index contributed by atoms with van der Waals surface area (Å²) in [4.78, 5) is 12.5. The summed E-state index contributed by atoms with van der Waals surface area (Å²) in [6, 6.07) is 11.6. The second-order valence-corrected chi connectivity index (χ2v) is 8.05. The normalized spacial score (nSPS) is 12.7. The highest BCUT2D eigenvalue weighted by Gasteiger charge is 2.28. The lowest BCUT2D eigenvalue weighted by atomic mass is 10.1. The van der Waals surface area contributed by atoms with Crippen LogP contribution in [0.5, 0.6) is 5.75 Å². The molecule has 0 aliphatic heterocycles. The zero-order valence-electron chi connectivity index (χ0n) is 14.7. The number of carbonyl (C=O) groups excluding carboxylic acids is 1. The predicted octanol–water partition coefficient (Wildman–Crippen LogP) is 2.89. The maximum atomic E-state index is 12.8. The number of sulfonamides is 1.